The molecule has 4 rings (SSSR count). The summed E-state index contributed by atoms with van der Waals surface area (Å²) in [5.74, 6) is 2.80. The Morgan fingerprint density at radius 3 is 2.71 bits per heavy atom. The van der Waals surface area contributed by atoms with E-state index in [0.29, 0.717) is 29.2 Å². The molecular formula is C16H16N4O4. The molecule has 8 heteroatoms. The van der Waals surface area contributed by atoms with Crippen molar-refractivity contribution in [2.45, 2.75) is 32.5 Å². The standard InChI is InChI=1S/C16H16N4O4/c1-10-17-14(19-23-10)9-22-12-6-4-11(5-7-12)15-18-16(24-20-15)13-3-2-8-21-13/h4-7,13H,2-3,8-9H2,1H3. The first-order valence-electron chi connectivity index (χ1n) is 7.75. The molecule has 1 aliphatic rings. The predicted molar refractivity (Wildman–Crippen MR) is 81.0 cm³/mol. The second-order valence-electron chi connectivity index (χ2n) is 5.50. The van der Waals surface area contributed by atoms with Gasteiger partial charge >= 0.3 is 0 Å². The normalized spacial score (nSPS) is 17.3. The Morgan fingerprint density at radius 2 is 2.00 bits per heavy atom. The SMILES string of the molecule is Cc1nc(COc2ccc(-c3noc(C4CCCO4)n3)cc2)no1. The van der Waals surface area contributed by atoms with Crippen LogP contribution in [0.5, 0.6) is 5.75 Å². The molecule has 0 amide bonds. The highest BCUT2D eigenvalue weighted by Crippen LogP contribution is 2.29. The van der Waals surface area contributed by atoms with Gasteiger partial charge in [0.1, 0.15) is 11.9 Å². The van der Waals surface area contributed by atoms with E-state index in [9.17, 15) is 0 Å². The van der Waals surface area contributed by atoms with Gasteiger partial charge in [-0.3, -0.25) is 0 Å². The molecule has 1 fully saturated rings. The van der Waals surface area contributed by atoms with E-state index < -0.39 is 0 Å². The van der Waals surface area contributed by atoms with Crippen LogP contribution in [0.2, 0.25) is 0 Å². The molecule has 3 heterocycles. The van der Waals surface area contributed by atoms with Crippen LogP contribution in [0.3, 0.4) is 0 Å². The fourth-order valence-electron chi connectivity index (χ4n) is 2.50. The first-order chi connectivity index (χ1) is 11.8. The lowest BCUT2D eigenvalue weighted by molar-refractivity contribution is 0.0835. The maximum Gasteiger partial charge on any atom is 0.256 e. The van der Waals surface area contributed by atoms with Crippen LogP contribution in [-0.2, 0) is 11.3 Å². The largest absolute Gasteiger partial charge is 0.485 e. The second kappa shape index (κ2) is 6.40. The summed E-state index contributed by atoms with van der Waals surface area (Å²) in [5.41, 5.74) is 0.853. The van der Waals surface area contributed by atoms with Gasteiger partial charge in [0.2, 0.25) is 17.5 Å². The van der Waals surface area contributed by atoms with Crippen LogP contribution in [0, 0.1) is 6.92 Å². The van der Waals surface area contributed by atoms with Crippen LogP contribution in [0.4, 0.5) is 0 Å². The highest BCUT2D eigenvalue weighted by Gasteiger charge is 2.24. The van der Waals surface area contributed by atoms with Gasteiger partial charge < -0.3 is 18.5 Å². The first-order valence-corrected chi connectivity index (χ1v) is 7.75. The third-order valence-corrected chi connectivity index (χ3v) is 3.70. The predicted octanol–water partition coefficient (Wildman–Crippen LogP) is 2.86. The molecule has 1 atom stereocenters. The number of aromatic nitrogens is 4. The van der Waals surface area contributed by atoms with Crippen LogP contribution in [0.1, 0.15) is 36.6 Å². The lowest BCUT2D eigenvalue weighted by Crippen LogP contribution is -1.97. The summed E-state index contributed by atoms with van der Waals surface area (Å²) in [6.45, 7) is 2.73. The highest BCUT2D eigenvalue weighted by molar-refractivity contribution is 5.55. The molecule has 2 aromatic heterocycles. The van der Waals surface area contributed by atoms with Crippen LogP contribution < -0.4 is 4.74 Å². The second-order valence-corrected chi connectivity index (χ2v) is 5.50. The van der Waals surface area contributed by atoms with Gasteiger partial charge in [0, 0.05) is 19.1 Å². The summed E-state index contributed by atoms with van der Waals surface area (Å²) in [4.78, 5) is 8.50. The van der Waals surface area contributed by atoms with Crippen LogP contribution in [-0.4, -0.2) is 26.9 Å². The zero-order valence-electron chi connectivity index (χ0n) is 13.1. The average Bonchev–Trinajstić information content (AvgIpc) is 3.34. The number of benzene rings is 1. The third kappa shape index (κ3) is 3.13. The molecule has 0 spiro atoms. The Hall–Kier alpha value is -2.74. The van der Waals surface area contributed by atoms with Gasteiger partial charge in [0.25, 0.3) is 5.89 Å². The molecule has 3 aromatic rings. The van der Waals surface area contributed by atoms with Crippen molar-refractivity contribution in [1.29, 1.82) is 0 Å². The third-order valence-electron chi connectivity index (χ3n) is 3.70. The molecular weight excluding hydrogens is 312 g/mol. The van der Waals surface area contributed by atoms with E-state index in [2.05, 4.69) is 20.3 Å². The Labute approximate surface area is 137 Å². The van der Waals surface area contributed by atoms with Crippen molar-refractivity contribution in [3.63, 3.8) is 0 Å². The van der Waals surface area contributed by atoms with Crippen molar-refractivity contribution in [2.24, 2.45) is 0 Å². The van der Waals surface area contributed by atoms with E-state index in [1.165, 1.54) is 0 Å². The minimum atomic E-state index is -0.0766. The molecule has 124 valence electrons. The van der Waals surface area contributed by atoms with Crippen LogP contribution >= 0.6 is 0 Å². The topological polar surface area (TPSA) is 96.3 Å². The number of ether oxygens (including phenoxy) is 2. The highest BCUT2D eigenvalue weighted by atomic mass is 16.5. The summed E-state index contributed by atoms with van der Waals surface area (Å²) in [7, 11) is 0. The van der Waals surface area contributed by atoms with E-state index in [-0.39, 0.29) is 12.7 Å². The molecule has 1 aromatic carbocycles. The Morgan fingerprint density at radius 1 is 1.12 bits per heavy atom. The van der Waals surface area contributed by atoms with E-state index in [1.807, 2.05) is 24.3 Å². The molecule has 0 saturated carbocycles. The average molecular weight is 328 g/mol. The molecule has 1 aliphatic heterocycles. The van der Waals surface area contributed by atoms with Crippen molar-refractivity contribution >= 4 is 0 Å². The van der Waals surface area contributed by atoms with Crippen molar-refractivity contribution < 1.29 is 18.5 Å². The molecule has 0 radical (unpaired) electrons. The van der Waals surface area contributed by atoms with Crippen molar-refractivity contribution in [1.82, 2.24) is 20.3 Å². The molecule has 0 aliphatic carbocycles. The Kier molecular flexibility index (Phi) is 3.96. The smallest absolute Gasteiger partial charge is 0.256 e. The van der Waals surface area contributed by atoms with Crippen LogP contribution in [0.25, 0.3) is 11.4 Å². The quantitative estimate of drug-likeness (QED) is 0.705. The number of rotatable bonds is 5. The van der Waals surface area contributed by atoms with Gasteiger partial charge in [-0.1, -0.05) is 10.3 Å². The fourth-order valence-corrected chi connectivity index (χ4v) is 2.50. The Balaban J connectivity index is 1.41. The van der Waals surface area contributed by atoms with Gasteiger partial charge in [-0.15, -0.1) is 0 Å². The van der Waals surface area contributed by atoms with Gasteiger partial charge in [0.15, 0.2) is 6.61 Å². The number of hydrogen-bond donors (Lipinski definition) is 0. The lowest BCUT2D eigenvalue weighted by Gasteiger charge is -2.03. The van der Waals surface area contributed by atoms with Gasteiger partial charge in [0.05, 0.1) is 0 Å². The maximum absolute atomic E-state index is 5.61. The summed E-state index contributed by atoms with van der Waals surface area (Å²) >= 11 is 0. The summed E-state index contributed by atoms with van der Waals surface area (Å²) in [6, 6.07) is 7.43. The summed E-state index contributed by atoms with van der Waals surface area (Å²) < 4.78 is 21.4. The van der Waals surface area contributed by atoms with E-state index in [4.69, 9.17) is 18.5 Å². The minimum Gasteiger partial charge on any atom is -0.485 e. The van der Waals surface area contributed by atoms with Crippen LogP contribution in [0.15, 0.2) is 33.3 Å². The molecule has 0 N–H and O–H groups in total. The molecule has 1 unspecified atom stereocenters. The minimum absolute atomic E-state index is 0.0766. The lowest BCUT2D eigenvalue weighted by atomic mass is 10.2. The van der Waals surface area contributed by atoms with Crippen molar-refractivity contribution in [3.05, 3.63) is 41.9 Å². The summed E-state index contributed by atoms with van der Waals surface area (Å²) in [5, 5.41) is 7.80. The van der Waals surface area contributed by atoms with Gasteiger partial charge in [-0.05, 0) is 37.1 Å². The first kappa shape index (κ1) is 14.8. The molecule has 0 bridgehead atoms. The van der Waals surface area contributed by atoms with E-state index >= 15 is 0 Å². The van der Waals surface area contributed by atoms with E-state index in [0.717, 1.165) is 25.0 Å². The molecule has 8 nitrogen and oxygen atoms in total. The zero-order valence-corrected chi connectivity index (χ0v) is 13.1. The number of nitrogens with zero attached hydrogens (tertiary/aromatic N) is 4. The monoisotopic (exact) mass is 328 g/mol. The maximum atomic E-state index is 5.61. The van der Waals surface area contributed by atoms with Gasteiger partial charge in [-0.2, -0.15) is 9.97 Å². The Bertz CT molecular complexity index is 806. The van der Waals surface area contributed by atoms with Gasteiger partial charge in [-0.25, -0.2) is 0 Å². The van der Waals surface area contributed by atoms with E-state index in [1.54, 1.807) is 6.92 Å². The van der Waals surface area contributed by atoms with Crippen molar-refractivity contribution in [2.75, 3.05) is 6.61 Å². The molecule has 1 saturated heterocycles. The number of aryl methyl sites for hydroxylation is 1. The zero-order chi connectivity index (χ0) is 16.4. The van der Waals surface area contributed by atoms with Crippen molar-refractivity contribution in [3.8, 4) is 17.1 Å². The summed E-state index contributed by atoms with van der Waals surface area (Å²) in [6.07, 6.45) is 1.87. The number of hydrogen-bond acceptors (Lipinski definition) is 8. The molecule has 24 heavy (non-hydrogen) atoms. The fraction of sp³-hybridized carbons (Fsp3) is 0.375.